The van der Waals surface area contributed by atoms with Crippen LogP contribution in [0.4, 0.5) is 0 Å². The van der Waals surface area contributed by atoms with Crippen molar-refractivity contribution in [1.29, 1.82) is 0 Å². The van der Waals surface area contributed by atoms with Gasteiger partial charge in [0.2, 0.25) is 11.8 Å². The number of methoxy groups -OCH3 is 1. The molecule has 3 aliphatic rings. The van der Waals surface area contributed by atoms with Crippen molar-refractivity contribution in [3.05, 3.63) is 0 Å². The summed E-state index contributed by atoms with van der Waals surface area (Å²) in [6, 6.07) is -0.293. The Morgan fingerprint density at radius 1 is 0.958 bits per heavy atom. The molecule has 3 rings (SSSR count). The van der Waals surface area contributed by atoms with E-state index in [0.717, 1.165) is 25.9 Å². The number of esters is 1. The van der Waals surface area contributed by atoms with E-state index in [0.29, 0.717) is 37.3 Å². The van der Waals surface area contributed by atoms with Crippen molar-refractivity contribution in [3.63, 3.8) is 0 Å². The smallest absolute Gasteiger partial charge is 0.308 e. The van der Waals surface area contributed by atoms with Crippen molar-refractivity contribution in [2.24, 2.45) is 11.8 Å². The van der Waals surface area contributed by atoms with Crippen molar-refractivity contribution in [1.82, 2.24) is 9.80 Å². The maximum Gasteiger partial charge on any atom is 0.308 e. The second-order valence-electron chi connectivity index (χ2n) is 6.93. The Kier molecular flexibility index (Phi) is 5.69. The van der Waals surface area contributed by atoms with E-state index in [1.165, 1.54) is 7.11 Å². The molecular formula is C17H26N2O4S. The summed E-state index contributed by atoms with van der Waals surface area (Å²) in [5.41, 5.74) is 0. The molecule has 0 aromatic heterocycles. The molecule has 7 heteroatoms. The number of thioether (sulfide) groups is 1. The zero-order valence-corrected chi connectivity index (χ0v) is 15.1. The molecule has 2 saturated heterocycles. The molecule has 2 aliphatic heterocycles. The van der Waals surface area contributed by atoms with Crippen molar-refractivity contribution in [2.45, 2.75) is 44.6 Å². The molecule has 1 saturated carbocycles. The summed E-state index contributed by atoms with van der Waals surface area (Å²) in [5.74, 6) is 1.24. The second-order valence-corrected chi connectivity index (χ2v) is 7.93. The van der Waals surface area contributed by atoms with Gasteiger partial charge in [-0.15, -0.1) is 11.8 Å². The molecule has 1 unspecified atom stereocenters. The summed E-state index contributed by atoms with van der Waals surface area (Å²) in [7, 11) is 1.41. The standard InChI is InChI=1S/C17H26N2O4S/c1-23-17(22)13-6-4-12(5-7-13)15(20)19-11-24-10-14(19)16(21)18-8-2-3-9-18/h12-14H,2-11H2,1H3. The maximum atomic E-state index is 12.9. The minimum atomic E-state index is -0.293. The quantitative estimate of drug-likeness (QED) is 0.719. The third-order valence-corrected chi connectivity index (χ3v) is 6.49. The summed E-state index contributed by atoms with van der Waals surface area (Å²) in [5, 5.41) is 0. The predicted octanol–water partition coefficient (Wildman–Crippen LogP) is 1.49. The minimum Gasteiger partial charge on any atom is -0.469 e. The first kappa shape index (κ1) is 17.6. The third kappa shape index (κ3) is 3.55. The first-order valence-electron chi connectivity index (χ1n) is 8.86. The van der Waals surface area contributed by atoms with Gasteiger partial charge in [-0.05, 0) is 38.5 Å². The lowest BCUT2D eigenvalue weighted by Gasteiger charge is -2.32. The van der Waals surface area contributed by atoms with Crippen LogP contribution in [0.25, 0.3) is 0 Å². The van der Waals surface area contributed by atoms with Crippen molar-refractivity contribution in [3.8, 4) is 0 Å². The van der Waals surface area contributed by atoms with Gasteiger partial charge in [0, 0.05) is 24.8 Å². The van der Waals surface area contributed by atoms with Gasteiger partial charge in [0.05, 0.1) is 18.9 Å². The topological polar surface area (TPSA) is 66.9 Å². The van der Waals surface area contributed by atoms with Crippen molar-refractivity contribution >= 4 is 29.5 Å². The van der Waals surface area contributed by atoms with Crippen LogP contribution in [0, 0.1) is 11.8 Å². The van der Waals surface area contributed by atoms with Crippen molar-refractivity contribution < 1.29 is 19.1 Å². The minimum absolute atomic E-state index is 0.0570. The van der Waals surface area contributed by atoms with Gasteiger partial charge >= 0.3 is 5.97 Å². The molecule has 3 fully saturated rings. The van der Waals surface area contributed by atoms with Gasteiger partial charge in [-0.1, -0.05) is 0 Å². The van der Waals surface area contributed by atoms with Crippen LogP contribution in [0.3, 0.4) is 0 Å². The summed E-state index contributed by atoms with van der Waals surface area (Å²) in [6.07, 6.45) is 4.96. The number of likely N-dealkylation sites (tertiary alicyclic amines) is 1. The molecule has 0 aromatic rings. The van der Waals surface area contributed by atoms with E-state index in [-0.39, 0.29) is 35.7 Å². The van der Waals surface area contributed by atoms with E-state index in [2.05, 4.69) is 0 Å². The van der Waals surface area contributed by atoms with E-state index in [1.54, 1.807) is 16.7 Å². The Bertz CT molecular complexity index is 499. The lowest BCUT2D eigenvalue weighted by molar-refractivity contribution is -0.149. The van der Waals surface area contributed by atoms with Crippen LogP contribution in [-0.2, 0) is 19.1 Å². The fraction of sp³-hybridized carbons (Fsp3) is 0.824. The van der Waals surface area contributed by atoms with Gasteiger partial charge in [-0.3, -0.25) is 14.4 Å². The summed E-state index contributed by atoms with van der Waals surface area (Å²) >= 11 is 1.66. The number of rotatable bonds is 3. The predicted molar refractivity (Wildman–Crippen MR) is 91.2 cm³/mol. The number of carbonyl (C=O) groups excluding carboxylic acids is 3. The number of nitrogens with zero attached hydrogens (tertiary/aromatic N) is 2. The molecule has 2 heterocycles. The number of ether oxygens (including phenoxy) is 1. The SMILES string of the molecule is COC(=O)C1CCC(C(=O)N2CSCC2C(=O)N2CCCC2)CC1. The van der Waals surface area contributed by atoms with Gasteiger partial charge in [0.25, 0.3) is 0 Å². The highest BCUT2D eigenvalue weighted by atomic mass is 32.2. The molecule has 24 heavy (non-hydrogen) atoms. The van der Waals surface area contributed by atoms with Gasteiger partial charge < -0.3 is 14.5 Å². The van der Waals surface area contributed by atoms with Crippen LogP contribution in [0.15, 0.2) is 0 Å². The highest BCUT2D eigenvalue weighted by Crippen LogP contribution is 2.33. The van der Waals surface area contributed by atoms with Crippen LogP contribution in [0.2, 0.25) is 0 Å². The van der Waals surface area contributed by atoms with Gasteiger partial charge in [0.15, 0.2) is 0 Å². The maximum absolute atomic E-state index is 12.9. The second kappa shape index (κ2) is 7.76. The normalized spacial score (nSPS) is 30.5. The van der Waals surface area contributed by atoms with Crippen LogP contribution in [0.1, 0.15) is 38.5 Å². The number of amides is 2. The van der Waals surface area contributed by atoms with Crippen LogP contribution in [-0.4, -0.2) is 65.5 Å². The molecule has 0 bridgehead atoms. The molecule has 0 aromatic carbocycles. The van der Waals surface area contributed by atoms with E-state index in [1.807, 2.05) is 4.90 Å². The first-order chi connectivity index (χ1) is 11.6. The molecule has 1 atom stereocenters. The summed E-state index contributed by atoms with van der Waals surface area (Å²) in [6.45, 7) is 1.65. The lowest BCUT2D eigenvalue weighted by Crippen LogP contribution is -2.50. The number of hydrogen-bond donors (Lipinski definition) is 0. The molecule has 134 valence electrons. The van der Waals surface area contributed by atoms with Crippen LogP contribution >= 0.6 is 11.8 Å². The third-order valence-electron chi connectivity index (χ3n) is 5.48. The molecule has 2 amide bonds. The van der Waals surface area contributed by atoms with Crippen LogP contribution in [0.5, 0.6) is 0 Å². The highest BCUT2D eigenvalue weighted by molar-refractivity contribution is 7.99. The highest BCUT2D eigenvalue weighted by Gasteiger charge is 2.41. The van der Waals surface area contributed by atoms with Crippen molar-refractivity contribution in [2.75, 3.05) is 31.8 Å². The zero-order valence-electron chi connectivity index (χ0n) is 14.2. The molecule has 0 N–H and O–H groups in total. The van der Waals surface area contributed by atoms with E-state index >= 15 is 0 Å². The van der Waals surface area contributed by atoms with E-state index < -0.39 is 0 Å². The Labute approximate surface area is 147 Å². The average Bonchev–Trinajstić information content (AvgIpc) is 3.31. The lowest BCUT2D eigenvalue weighted by atomic mass is 9.81. The molecule has 1 aliphatic carbocycles. The van der Waals surface area contributed by atoms with Gasteiger partial charge in [-0.2, -0.15) is 0 Å². The Morgan fingerprint density at radius 2 is 1.58 bits per heavy atom. The number of hydrogen-bond acceptors (Lipinski definition) is 5. The molecular weight excluding hydrogens is 328 g/mol. The first-order valence-corrected chi connectivity index (χ1v) is 10.0. The number of carbonyl (C=O) groups is 3. The van der Waals surface area contributed by atoms with Gasteiger partial charge in [0.1, 0.15) is 6.04 Å². The van der Waals surface area contributed by atoms with E-state index in [9.17, 15) is 14.4 Å². The van der Waals surface area contributed by atoms with Gasteiger partial charge in [-0.25, -0.2) is 0 Å². The average molecular weight is 354 g/mol. The monoisotopic (exact) mass is 354 g/mol. The zero-order chi connectivity index (χ0) is 17.1. The Balaban J connectivity index is 1.58. The fourth-order valence-corrected chi connectivity index (χ4v) is 5.15. The largest absolute Gasteiger partial charge is 0.469 e. The van der Waals surface area contributed by atoms with E-state index in [4.69, 9.17) is 4.74 Å². The molecule has 6 nitrogen and oxygen atoms in total. The molecule has 0 radical (unpaired) electrons. The summed E-state index contributed by atoms with van der Waals surface area (Å²) < 4.78 is 4.80. The Morgan fingerprint density at radius 3 is 2.21 bits per heavy atom. The fourth-order valence-electron chi connectivity index (χ4n) is 3.99. The molecule has 0 spiro atoms. The Hall–Kier alpha value is -1.24. The summed E-state index contributed by atoms with van der Waals surface area (Å²) in [4.78, 5) is 40.9. The van der Waals surface area contributed by atoms with Crippen LogP contribution < -0.4 is 0 Å².